The molecule has 0 bridgehead atoms. The van der Waals surface area contributed by atoms with Crippen LogP contribution in [-0.2, 0) is 4.79 Å². The molecule has 1 aliphatic rings. The van der Waals surface area contributed by atoms with E-state index in [9.17, 15) is 9.18 Å². The van der Waals surface area contributed by atoms with E-state index in [4.69, 9.17) is 6.42 Å². The molecule has 0 aromatic carbocycles. The molecule has 1 aromatic heterocycles. The summed E-state index contributed by atoms with van der Waals surface area (Å²) in [4.78, 5) is 16.8. The molecule has 3 nitrogen and oxygen atoms in total. The van der Waals surface area contributed by atoms with Gasteiger partial charge >= 0.3 is 0 Å². The third kappa shape index (κ3) is 1.93. The van der Waals surface area contributed by atoms with Crippen molar-refractivity contribution in [2.75, 3.05) is 11.4 Å². The number of nitrogens with zero attached hydrogens (tertiary/aromatic N) is 2. The van der Waals surface area contributed by atoms with Crippen LogP contribution in [-0.4, -0.2) is 17.4 Å². The monoisotopic (exact) mass is 282 g/mol. The van der Waals surface area contributed by atoms with Gasteiger partial charge in [0.15, 0.2) is 0 Å². The highest BCUT2D eigenvalue weighted by Crippen LogP contribution is 2.29. The summed E-state index contributed by atoms with van der Waals surface area (Å²) < 4.78 is 13.1. The van der Waals surface area contributed by atoms with E-state index in [2.05, 4.69) is 26.8 Å². The lowest BCUT2D eigenvalue weighted by Crippen LogP contribution is -2.25. The molecule has 0 aliphatic carbocycles. The number of rotatable bonds is 1. The molecule has 5 heteroatoms. The zero-order valence-corrected chi connectivity index (χ0v) is 9.87. The van der Waals surface area contributed by atoms with Crippen LogP contribution in [0.2, 0.25) is 0 Å². The SMILES string of the molecule is C#CC1CC(=O)N(c2ccc(F)nc2Br)C1. The number of amides is 1. The summed E-state index contributed by atoms with van der Waals surface area (Å²) in [6.07, 6.45) is 5.62. The lowest BCUT2D eigenvalue weighted by atomic mass is 10.1. The normalized spacial score (nSPS) is 19.9. The van der Waals surface area contributed by atoms with Crippen molar-refractivity contribution in [2.24, 2.45) is 5.92 Å². The molecule has 0 saturated carbocycles. The summed E-state index contributed by atoms with van der Waals surface area (Å²) in [5.41, 5.74) is 0.559. The van der Waals surface area contributed by atoms with E-state index in [0.717, 1.165) is 0 Å². The number of hydrogen-bond acceptors (Lipinski definition) is 2. The maximum absolute atomic E-state index is 12.8. The molecule has 82 valence electrons. The number of terminal acetylenes is 1. The molecule has 1 amide bonds. The zero-order chi connectivity index (χ0) is 11.7. The molecule has 1 unspecified atom stereocenters. The fraction of sp³-hybridized carbons (Fsp3) is 0.273. The van der Waals surface area contributed by atoms with Gasteiger partial charge in [-0.3, -0.25) is 4.79 Å². The molecule has 1 aliphatic heterocycles. The van der Waals surface area contributed by atoms with Crippen molar-refractivity contribution in [1.29, 1.82) is 0 Å². The molecule has 0 radical (unpaired) electrons. The van der Waals surface area contributed by atoms with Gasteiger partial charge in [-0.05, 0) is 28.1 Å². The van der Waals surface area contributed by atoms with Gasteiger partial charge in [0.05, 0.1) is 5.69 Å². The Labute approximate surface area is 101 Å². The number of aromatic nitrogens is 1. The maximum Gasteiger partial charge on any atom is 0.228 e. The van der Waals surface area contributed by atoms with E-state index in [1.807, 2.05) is 0 Å². The van der Waals surface area contributed by atoms with Crippen molar-refractivity contribution in [1.82, 2.24) is 4.98 Å². The Hall–Kier alpha value is -1.41. The number of hydrogen-bond donors (Lipinski definition) is 0. The summed E-state index contributed by atoms with van der Waals surface area (Å²) in [5, 5.41) is 0. The van der Waals surface area contributed by atoms with Gasteiger partial charge in [0.25, 0.3) is 0 Å². The molecular formula is C11H8BrFN2O. The fourth-order valence-electron chi connectivity index (χ4n) is 1.66. The molecule has 0 spiro atoms. The average Bonchev–Trinajstić information content (AvgIpc) is 2.60. The molecular weight excluding hydrogens is 275 g/mol. The standard InChI is InChI=1S/C11H8BrFN2O/c1-2-7-5-10(16)15(6-7)8-3-4-9(13)14-11(8)12/h1,3-4,7H,5-6H2. The largest absolute Gasteiger partial charge is 0.309 e. The van der Waals surface area contributed by atoms with Crippen molar-refractivity contribution >= 4 is 27.5 Å². The van der Waals surface area contributed by atoms with Crippen LogP contribution in [0.15, 0.2) is 16.7 Å². The third-order valence-electron chi connectivity index (χ3n) is 2.45. The van der Waals surface area contributed by atoms with E-state index in [1.54, 1.807) is 0 Å². The van der Waals surface area contributed by atoms with Crippen LogP contribution in [0.5, 0.6) is 0 Å². The Morgan fingerprint density at radius 3 is 2.94 bits per heavy atom. The van der Waals surface area contributed by atoms with Gasteiger partial charge in [-0.25, -0.2) is 4.98 Å². The summed E-state index contributed by atoms with van der Waals surface area (Å²) >= 11 is 3.13. The van der Waals surface area contributed by atoms with Crippen LogP contribution >= 0.6 is 15.9 Å². The predicted octanol–water partition coefficient (Wildman–Crippen LogP) is 1.97. The van der Waals surface area contributed by atoms with E-state index in [0.29, 0.717) is 23.3 Å². The second kappa shape index (κ2) is 4.22. The first-order chi connectivity index (χ1) is 7.61. The van der Waals surface area contributed by atoms with E-state index >= 15 is 0 Å². The minimum absolute atomic E-state index is 0.0583. The summed E-state index contributed by atoms with van der Waals surface area (Å²) in [5.74, 6) is 1.83. The molecule has 2 rings (SSSR count). The van der Waals surface area contributed by atoms with Crippen molar-refractivity contribution in [3.05, 3.63) is 22.7 Å². The topological polar surface area (TPSA) is 33.2 Å². The van der Waals surface area contributed by atoms with Gasteiger partial charge < -0.3 is 4.90 Å². The van der Waals surface area contributed by atoms with Gasteiger partial charge in [0.2, 0.25) is 11.9 Å². The second-order valence-electron chi connectivity index (χ2n) is 3.52. The summed E-state index contributed by atoms with van der Waals surface area (Å²) in [6, 6.07) is 2.74. The second-order valence-corrected chi connectivity index (χ2v) is 4.27. The van der Waals surface area contributed by atoms with E-state index < -0.39 is 5.95 Å². The van der Waals surface area contributed by atoms with E-state index in [-0.39, 0.29) is 11.8 Å². The van der Waals surface area contributed by atoms with Crippen LogP contribution in [0.1, 0.15) is 6.42 Å². The minimum Gasteiger partial charge on any atom is -0.309 e. The molecule has 16 heavy (non-hydrogen) atoms. The molecule has 1 atom stereocenters. The predicted molar refractivity (Wildman–Crippen MR) is 61.2 cm³/mol. The van der Waals surface area contributed by atoms with Crippen molar-refractivity contribution < 1.29 is 9.18 Å². The first-order valence-electron chi connectivity index (χ1n) is 4.70. The molecule has 0 N–H and O–H groups in total. The van der Waals surface area contributed by atoms with Crippen LogP contribution < -0.4 is 4.90 Å². The summed E-state index contributed by atoms with van der Waals surface area (Å²) in [7, 11) is 0. The zero-order valence-electron chi connectivity index (χ0n) is 8.28. The number of pyridine rings is 1. The quantitative estimate of drug-likeness (QED) is 0.583. The third-order valence-corrected chi connectivity index (χ3v) is 3.03. The van der Waals surface area contributed by atoms with Crippen LogP contribution in [0.4, 0.5) is 10.1 Å². The Morgan fingerprint density at radius 1 is 1.62 bits per heavy atom. The fourth-order valence-corrected chi connectivity index (χ4v) is 2.17. The molecule has 1 aromatic rings. The number of carbonyl (C=O) groups excluding carboxylic acids is 1. The summed E-state index contributed by atoms with van der Waals surface area (Å²) in [6.45, 7) is 0.460. The highest BCUT2D eigenvalue weighted by Gasteiger charge is 2.30. The van der Waals surface area contributed by atoms with Gasteiger partial charge in [-0.1, -0.05) is 0 Å². The van der Waals surface area contributed by atoms with Gasteiger partial charge in [0, 0.05) is 18.9 Å². The van der Waals surface area contributed by atoms with Gasteiger partial charge in [-0.15, -0.1) is 12.3 Å². The minimum atomic E-state index is -0.587. The van der Waals surface area contributed by atoms with Crippen LogP contribution in [0.3, 0.4) is 0 Å². The highest BCUT2D eigenvalue weighted by molar-refractivity contribution is 9.10. The van der Waals surface area contributed by atoms with Crippen molar-refractivity contribution in [3.63, 3.8) is 0 Å². The molecule has 2 heterocycles. The first kappa shape index (κ1) is 11.1. The smallest absolute Gasteiger partial charge is 0.228 e. The Balaban J connectivity index is 2.32. The number of carbonyl (C=O) groups is 1. The number of anilines is 1. The van der Waals surface area contributed by atoms with Crippen LogP contribution in [0, 0.1) is 24.2 Å². The van der Waals surface area contributed by atoms with E-state index in [1.165, 1.54) is 17.0 Å². The Kier molecular flexibility index (Phi) is 2.92. The first-order valence-corrected chi connectivity index (χ1v) is 5.49. The van der Waals surface area contributed by atoms with Gasteiger partial charge in [-0.2, -0.15) is 4.39 Å². The number of halogens is 2. The maximum atomic E-state index is 12.8. The van der Waals surface area contributed by atoms with Crippen LogP contribution in [0.25, 0.3) is 0 Å². The average molecular weight is 283 g/mol. The molecule has 1 fully saturated rings. The van der Waals surface area contributed by atoms with Gasteiger partial charge in [0.1, 0.15) is 4.60 Å². The lowest BCUT2D eigenvalue weighted by molar-refractivity contribution is -0.117. The van der Waals surface area contributed by atoms with Crippen molar-refractivity contribution in [3.8, 4) is 12.3 Å². The molecule has 1 saturated heterocycles. The lowest BCUT2D eigenvalue weighted by Gasteiger charge is -2.16. The Morgan fingerprint density at radius 2 is 2.38 bits per heavy atom. The Bertz CT molecular complexity index is 483. The van der Waals surface area contributed by atoms with Crippen molar-refractivity contribution in [2.45, 2.75) is 6.42 Å². The highest BCUT2D eigenvalue weighted by atomic mass is 79.9.